The molecule has 132 valence electrons. The number of nitrogens with one attached hydrogen (secondary N) is 1. The first-order chi connectivity index (χ1) is 11.7. The first-order valence-corrected chi connectivity index (χ1v) is 7.08. The average Bonchev–Trinajstić information content (AvgIpc) is 2.58. The maximum Gasteiger partial charge on any atom is 0.417 e. The Morgan fingerprint density at radius 1 is 1.12 bits per heavy atom. The fraction of sp³-hybridized carbons (Fsp3) is 0.176. The van der Waals surface area contributed by atoms with Gasteiger partial charge in [-0.2, -0.15) is 13.2 Å². The molecule has 2 aromatic carbocycles. The first-order valence-electron chi connectivity index (χ1n) is 7.08. The molecule has 0 unspecified atom stereocenters. The maximum absolute atomic E-state index is 12.9. The van der Waals surface area contributed by atoms with Crippen LogP contribution in [0, 0.1) is 0 Å². The van der Waals surface area contributed by atoms with Gasteiger partial charge in [-0.3, -0.25) is 4.79 Å². The molecule has 0 aliphatic carbocycles. The number of hydrogen-bond acceptors (Lipinski definition) is 3. The number of aromatic carboxylic acids is 1. The van der Waals surface area contributed by atoms with Crippen molar-refractivity contribution in [3.8, 4) is 5.75 Å². The fourth-order valence-corrected chi connectivity index (χ4v) is 2.24. The average molecular weight is 353 g/mol. The highest BCUT2D eigenvalue weighted by atomic mass is 19.4. The number of rotatable bonds is 5. The van der Waals surface area contributed by atoms with Crippen molar-refractivity contribution < 1.29 is 32.6 Å². The predicted molar refractivity (Wildman–Crippen MR) is 82.6 cm³/mol. The van der Waals surface area contributed by atoms with Crippen LogP contribution in [0.3, 0.4) is 0 Å². The van der Waals surface area contributed by atoms with Crippen LogP contribution < -0.4 is 10.1 Å². The molecule has 0 saturated carbocycles. The smallest absolute Gasteiger partial charge is 0.417 e. The van der Waals surface area contributed by atoms with Crippen LogP contribution >= 0.6 is 0 Å². The van der Waals surface area contributed by atoms with E-state index >= 15 is 0 Å². The van der Waals surface area contributed by atoms with Gasteiger partial charge in [0, 0.05) is 6.54 Å². The number of halogens is 3. The molecule has 0 fully saturated rings. The molecule has 0 bridgehead atoms. The number of ether oxygens (including phenoxy) is 1. The third kappa shape index (κ3) is 4.28. The van der Waals surface area contributed by atoms with Crippen LogP contribution in [0.2, 0.25) is 0 Å². The normalized spacial score (nSPS) is 11.0. The Morgan fingerprint density at radius 2 is 1.80 bits per heavy atom. The van der Waals surface area contributed by atoms with E-state index in [1.54, 1.807) is 0 Å². The zero-order chi connectivity index (χ0) is 18.6. The van der Waals surface area contributed by atoms with Gasteiger partial charge in [0.05, 0.1) is 18.2 Å². The quantitative estimate of drug-likeness (QED) is 0.864. The van der Waals surface area contributed by atoms with E-state index in [2.05, 4.69) is 5.32 Å². The molecule has 0 aromatic heterocycles. The minimum absolute atomic E-state index is 0.107. The van der Waals surface area contributed by atoms with Gasteiger partial charge in [-0.25, -0.2) is 4.79 Å². The summed E-state index contributed by atoms with van der Waals surface area (Å²) in [7, 11) is 1.32. The predicted octanol–water partition coefficient (Wildman–Crippen LogP) is 3.34. The van der Waals surface area contributed by atoms with Crippen molar-refractivity contribution in [1.82, 2.24) is 5.32 Å². The monoisotopic (exact) mass is 353 g/mol. The lowest BCUT2D eigenvalue weighted by molar-refractivity contribution is -0.137. The highest BCUT2D eigenvalue weighted by molar-refractivity contribution is 5.96. The van der Waals surface area contributed by atoms with Crippen LogP contribution in [0.4, 0.5) is 13.2 Å². The van der Waals surface area contributed by atoms with Crippen molar-refractivity contribution in [2.24, 2.45) is 0 Å². The number of amides is 1. The van der Waals surface area contributed by atoms with Gasteiger partial charge in [0.1, 0.15) is 11.3 Å². The Kier molecular flexibility index (Phi) is 5.31. The summed E-state index contributed by atoms with van der Waals surface area (Å²) < 4.78 is 43.7. The second kappa shape index (κ2) is 7.25. The number of hydrogen-bond donors (Lipinski definition) is 2. The Hall–Kier alpha value is -3.03. The van der Waals surface area contributed by atoms with Crippen molar-refractivity contribution in [1.29, 1.82) is 0 Å². The molecule has 2 rings (SSSR count). The Labute approximate surface area is 141 Å². The van der Waals surface area contributed by atoms with Crippen LogP contribution in [-0.4, -0.2) is 24.1 Å². The van der Waals surface area contributed by atoms with Crippen molar-refractivity contribution in [3.05, 3.63) is 64.7 Å². The molecule has 2 N–H and O–H groups in total. The summed E-state index contributed by atoms with van der Waals surface area (Å²) in [6.45, 7) is -0.130. The molecule has 1 amide bonds. The van der Waals surface area contributed by atoms with E-state index in [4.69, 9.17) is 9.84 Å². The van der Waals surface area contributed by atoms with Crippen LogP contribution in [0.15, 0.2) is 42.5 Å². The number of carboxylic acid groups (broad SMARTS) is 1. The molecule has 0 radical (unpaired) electrons. The fourth-order valence-electron chi connectivity index (χ4n) is 2.24. The van der Waals surface area contributed by atoms with Gasteiger partial charge in [-0.15, -0.1) is 0 Å². The van der Waals surface area contributed by atoms with E-state index < -0.39 is 29.2 Å². The van der Waals surface area contributed by atoms with E-state index in [0.29, 0.717) is 5.56 Å². The molecule has 0 aliphatic rings. The molecule has 0 atom stereocenters. The highest BCUT2D eigenvalue weighted by Crippen LogP contribution is 2.31. The minimum Gasteiger partial charge on any atom is -0.496 e. The summed E-state index contributed by atoms with van der Waals surface area (Å²) in [5, 5.41) is 11.5. The molecular weight excluding hydrogens is 339 g/mol. The highest BCUT2D eigenvalue weighted by Gasteiger charge is 2.34. The molecule has 5 nitrogen and oxygen atoms in total. The van der Waals surface area contributed by atoms with Gasteiger partial charge in [-0.05, 0) is 29.8 Å². The van der Waals surface area contributed by atoms with Gasteiger partial charge in [0.25, 0.3) is 5.91 Å². The van der Waals surface area contributed by atoms with E-state index in [1.165, 1.54) is 37.4 Å². The summed E-state index contributed by atoms with van der Waals surface area (Å²) in [5.41, 5.74) is -1.23. The molecular formula is C17H14F3NO4. The summed E-state index contributed by atoms with van der Waals surface area (Å²) in [4.78, 5) is 23.2. The van der Waals surface area contributed by atoms with Crippen LogP contribution in [-0.2, 0) is 12.7 Å². The number of carbonyl (C=O) groups excluding carboxylic acids is 1. The van der Waals surface area contributed by atoms with Crippen molar-refractivity contribution in [2.75, 3.05) is 7.11 Å². The lowest BCUT2D eigenvalue weighted by Gasteiger charge is -2.13. The second-order valence-electron chi connectivity index (χ2n) is 5.07. The number of carbonyl (C=O) groups is 2. The molecule has 0 heterocycles. The van der Waals surface area contributed by atoms with Gasteiger partial charge < -0.3 is 15.2 Å². The molecule has 2 aromatic rings. The molecule has 0 aliphatic heterocycles. The third-order valence-electron chi connectivity index (χ3n) is 3.42. The number of alkyl halides is 3. The number of benzene rings is 2. The van der Waals surface area contributed by atoms with Crippen LogP contribution in [0.25, 0.3) is 0 Å². The molecule has 8 heteroatoms. The molecule has 0 saturated heterocycles. The van der Waals surface area contributed by atoms with Gasteiger partial charge >= 0.3 is 12.1 Å². The Morgan fingerprint density at radius 3 is 2.40 bits per heavy atom. The van der Waals surface area contributed by atoms with E-state index in [-0.39, 0.29) is 17.9 Å². The zero-order valence-electron chi connectivity index (χ0n) is 13.1. The third-order valence-corrected chi connectivity index (χ3v) is 3.42. The van der Waals surface area contributed by atoms with Crippen LogP contribution in [0.1, 0.15) is 31.8 Å². The summed E-state index contributed by atoms with van der Waals surface area (Å²) in [6.07, 6.45) is -4.65. The Bertz CT molecular complexity index is 803. The van der Waals surface area contributed by atoms with E-state index in [0.717, 1.165) is 12.1 Å². The number of carboxylic acids is 1. The Balaban J connectivity index is 2.19. The topological polar surface area (TPSA) is 75.6 Å². The van der Waals surface area contributed by atoms with Crippen molar-refractivity contribution in [2.45, 2.75) is 12.7 Å². The zero-order valence-corrected chi connectivity index (χ0v) is 13.1. The SMILES string of the molecule is COc1ccc(CNC(=O)c2ccccc2C(F)(F)F)cc1C(=O)O. The lowest BCUT2D eigenvalue weighted by atomic mass is 10.1. The maximum atomic E-state index is 12.9. The lowest BCUT2D eigenvalue weighted by Crippen LogP contribution is -2.26. The van der Waals surface area contributed by atoms with Gasteiger partial charge in [0.15, 0.2) is 0 Å². The summed E-state index contributed by atoms with van der Waals surface area (Å²) >= 11 is 0. The number of methoxy groups -OCH3 is 1. The molecule has 25 heavy (non-hydrogen) atoms. The van der Waals surface area contributed by atoms with Gasteiger partial charge in [-0.1, -0.05) is 18.2 Å². The van der Waals surface area contributed by atoms with Crippen LogP contribution in [0.5, 0.6) is 5.75 Å². The van der Waals surface area contributed by atoms with Crippen molar-refractivity contribution in [3.63, 3.8) is 0 Å². The van der Waals surface area contributed by atoms with E-state index in [1.807, 2.05) is 0 Å². The minimum atomic E-state index is -4.65. The second-order valence-corrected chi connectivity index (χ2v) is 5.07. The van der Waals surface area contributed by atoms with E-state index in [9.17, 15) is 22.8 Å². The largest absolute Gasteiger partial charge is 0.496 e. The first kappa shape index (κ1) is 18.3. The van der Waals surface area contributed by atoms with Gasteiger partial charge in [0.2, 0.25) is 0 Å². The van der Waals surface area contributed by atoms with Crippen molar-refractivity contribution >= 4 is 11.9 Å². The molecule has 0 spiro atoms. The standard InChI is InChI=1S/C17H14F3NO4/c1-25-14-7-6-10(8-12(14)16(23)24)9-21-15(22)11-4-2-3-5-13(11)17(18,19)20/h2-8H,9H2,1H3,(H,21,22)(H,23,24). The summed E-state index contributed by atoms with van der Waals surface area (Å²) in [5.74, 6) is -1.97. The summed E-state index contributed by atoms with van der Waals surface area (Å²) in [6, 6.07) is 8.65.